The van der Waals surface area contributed by atoms with Crippen molar-refractivity contribution in [1.82, 2.24) is 0 Å². The lowest BCUT2D eigenvalue weighted by Crippen LogP contribution is -2.40. The Morgan fingerprint density at radius 2 is 2.12 bits per heavy atom. The first-order valence-electron chi connectivity index (χ1n) is 8.93. The van der Waals surface area contributed by atoms with Crippen molar-refractivity contribution < 1.29 is 9.90 Å². The third-order valence-corrected chi connectivity index (χ3v) is 5.35. The smallest absolute Gasteiger partial charge is 0.227 e. The monoisotopic (exact) mass is 349 g/mol. The molecule has 1 fully saturated rings. The van der Waals surface area contributed by atoms with E-state index in [9.17, 15) is 9.90 Å². The van der Waals surface area contributed by atoms with E-state index >= 15 is 0 Å². The van der Waals surface area contributed by atoms with E-state index in [-0.39, 0.29) is 11.8 Å². The number of carbonyl (C=O) groups excluding carboxylic acids is 1. The number of amides is 1. The summed E-state index contributed by atoms with van der Waals surface area (Å²) in [4.78, 5) is 16.2. The molecule has 3 N–H and O–H groups in total. The average molecular weight is 349 g/mol. The van der Waals surface area contributed by atoms with E-state index in [1.165, 1.54) is 5.56 Å². The molecule has 26 heavy (non-hydrogen) atoms. The van der Waals surface area contributed by atoms with E-state index < -0.39 is 6.23 Å². The van der Waals surface area contributed by atoms with Gasteiger partial charge >= 0.3 is 0 Å². The minimum Gasteiger partial charge on any atom is -0.399 e. The molecule has 134 valence electrons. The number of nitrogens with zero attached hydrogens (tertiary/aromatic N) is 2. The third-order valence-electron chi connectivity index (χ3n) is 5.35. The number of fused-ring (bicyclic) bond motifs is 1. The van der Waals surface area contributed by atoms with Crippen molar-refractivity contribution in [3.63, 3.8) is 0 Å². The summed E-state index contributed by atoms with van der Waals surface area (Å²) in [6.45, 7) is 5.07. The molecule has 5 heteroatoms. The van der Waals surface area contributed by atoms with Gasteiger partial charge in [0.2, 0.25) is 5.91 Å². The highest BCUT2D eigenvalue weighted by molar-refractivity contribution is 5.96. The zero-order valence-electron chi connectivity index (χ0n) is 14.6. The summed E-state index contributed by atoms with van der Waals surface area (Å²) in [5.74, 6) is -0.102. The molecule has 2 aromatic carbocycles. The Morgan fingerprint density at radius 1 is 1.27 bits per heavy atom. The number of benzene rings is 2. The molecule has 5 nitrogen and oxygen atoms in total. The van der Waals surface area contributed by atoms with E-state index in [4.69, 9.17) is 5.73 Å². The largest absolute Gasteiger partial charge is 0.399 e. The van der Waals surface area contributed by atoms with Gasteiger partial charge in [-0.05, 0) is 47.9 Å². The summed E-state index contributed by atoms with van der Waals surface area (Å²) in [6.07, 6.45) is 2.39. The van der Waals surface area contributed by atoms with Gasteiger partial charge in [-0.15, -0.1) is 0 Å². The molecular formula is C21H23N3O2. The first-order chi connectivity index (χ1) is 12.6. The van der Waals surface area contributed by atoms with Crippen LogP contribution in [0.25, 0.3) is 6.08 Å². The van der Waals surface area contributed by atoms with Crippen LogP contribution in [0.4, 0.5) is 17.1 Å². The van der Waals surface area contributed by atoms with Gasteiger partial charge in [-0.1, -0.05) is 24.8 Å². The van der Waals surface area contributed by atoms with E-state index in [1.807, 2.05) is 35.2 Å². The second-order valence-corrected chi connectivity index (χ2v) is 7.01. The van der Waals surface area contributed by atoms with Gasteiger partial charge in [0.05, 0.1) is 0 Å². The average Bonchev–Trinajstić information content (AvgIpc) is 3.24. The van der Waals surface area contributed by atoms with Gasteiger partial charge in [0.25, 0.3) is 0 Å². The number of rotatable bonds is 4. The Kier molecular flexibility index (Phi) is 4.17. The molecule has 2 aliphatic heterocycles. The predicted molar refractivity (Wildman–Crippen MR) is 105 cm³/mol. The lowest BCUT2D eigenvalue weighted by atomic mass is 10.1. The number of nitrogens with two attached hydrogens (primary N) is 1. The summed E-state index contributed by atoms with van der Waals surface area (Å²) >= 11 is 0. The fraction of sp³-hybridized carbons (Fsp3) is 0.286. The summed E-state index contributed by atoms with van der Waals surface area (Å²) < 4.78 is 0. The number of hydrogen-bond donors (Lipinski definition) is 2. The lowest BCUT2D eigenvalue weighted by Gasteiger charge is -2.30. The molecule has 0 aromatic heterocycles. The van der Waals surface area contributed by atoms with Crippen LogP contribution in [-0.4, -0.2) is 30.3 Å². The van der Waals surface area contributed by atoms with Crippen LogP contribution in [0, 0.1) is 5.92 Å². The summed E-state index contributed by atoms with van der Waals surface area (Å²) in [5, 5.41) is 11.0. The fourth-order valence-corrected chi connectivity index (χ4v) is 3.98. The number of aliphatic hydroxyl groups is 1. The van der Waals surface area contributed by atoms with Gasteiger partial charge in [0.1, 0.15) is 6.23 Å². The molecule has 2 atom stereocenters. The number of nitrogen functional groups attached to an aromatic ring is 1. The third kappa shape index (κ3) is 2.84. The summed E-state index contributed by atoms with van der Waals surface area (Å²) in [7, 11) is 0. The van der Waals surface area contributed by atoms with Crippen LogP contribution >= 0.6 is 0 Å². The van der Waals surface area contributed by atoms with Gasteiger partial charge in [-0.3, -0.25) is 4.79 Å². The van der Waals surface area contributed by atoms with Crippen LogP contribution in [0.2, 0.25) is 0 Å². The Hall–Kier alpha value is -2.79. The van der Waals surface area contributed by atoms with E-state index in [2.05, 4.69) is 12.6 Å². The highest BCUT2D eigenvalue weighted by atomic mass is 16.3. The maximum atomic E-state index is 12.5. The zero-order valence-corrected chi connectivity index (χ0v) is 14.6. The van der Waals surface area contributed by atoms with Crippen molar-refractivity contribution in [2.75, 3.05) is 28.6 Å². The molecule has 0 spiro atoms. The minimum absolute atomic E-state index is 0.0288. The maximum absolute atomic E-state index is 12.5. The van der Waals surface area contributed by atoms with Crippen molar-refractivity contribution in [2.45, 2.75) is 19.1 Å². The maximum Gasteiger partial charge on any atom is 0.227 e. The fourth-order valence-electron chi connectivity index (χ4n) is 3.98. The molecule has 2 aromatic rings. The topological polar surface area (TPSA) is 69.8 Å². The van der Waals surface area contributed by atoms with Crippen LogP contribution in [0.5, 0.6) is 0 Å². The highest BCUT2D eigenvalue weighted by Crippen LogP contribution is 2.35. The first kappa shape index (κ1) is 16.7. The number of carbonyl (C=O) groups is 1. The molecule has 4 rings (SSSR count). The van der Waals surface area contributed by atoms with Crippen molar-refractivity contribution >= 4 is 29.0 Å². The SMILES string of the molecule is C=Cc1ccc2c(c1)CCN2C(O)C1CC(=O)N(c2cccc(N)c2)C1. The Balaban J connectivity index is 1.53. The molecule has 2 aliphatic rings. The van der Waals surface area contributed by atoms with E-state index in [1.54, 1.807) is 17.0 Å². The van der Waals surface area contributed by atoms with E-state index in [0.717, 1.165) is 29.9 Å². The normalized spacial score (nSPS) is 20.3. The molecule has 0 radical (unpaired) electrons. The molecule has 2 heterocycles. The van der Waals surface area contributed by atoms with Crippen molar-refractivity contribution in [3.05, 3.63) is 60.2 Å². The van der Waals surface area contributed by atoms with Crippen LogP contribution in [0.3, 0.4) is 0 Å². The molecular weight excluding hydrogens is 326 g/mol. The van der Waals surface area contributed by atoms with Gasteiger partial charge in [-0.25, -0.2) is 0 Å². The van der Waals surface area contributed by atoms with Crippen LogP contribution < -0.4 is 15.5 Å². The first-order valence-corrected chi connectivity index (χ1v) is 8.93. The highest BCUT2D eigenvalue weighted by Gasteiger charge is 2.39. The molecule has 1 saturated heterocycles. The van der Waals surface area contributed by atoms with Crippen molar-refractivity contribution in [1.29, 1.82) is 0 Å². The second-order valence-electron chi connectivity index (χ2n) is 7.01. The van der Waals surface area contributed by atoms with Crippen LogP contribution in [-0.2, 0) is 11.2 Å². The van der Waals surface area contributed by atoms with Gasteiger partial charge < -0.3 is 20.6 Å². The quantitative estimate of drug-likeness (QED) is 0.833. The Bertz CT molecular complexity index is 864. The molecule has 0 saturated carbocycles. The zero-order chi connectivity index (χ0) is 18.3. The second kappa shape index (κ2) is 6.50. The van der Waals surface area contributed by atoms with Gasteiger partial charge in [0, 0.05) is 42.5 Å². The molecule has 2 unspecified atom stereocenters. The Labute approximate surface area is 153 Å². The minimum atomic E-state index is -0.680. The van der Waals surface area contributed by atoms with Gasteiger partial charge in [-0.2, -0.15) is 0 Å². The Morgan fingerprint density at radius 3 is 2.88 bits per heavy atom. The van der Waals surface area contributed by atoms with Crippen LogP contribution in [0.15, 0.2) is 49.0 Å². The van der Waals surface area contributed by atoms with Crippen molar-refractivity contribution in [2.24, 2.45) is 5.92 Å². The summed E-state index contributed by atoms with van der Waals surface area (Å²) in [5.41, 5.74) is 10.6. The predicted octanol–water partition coefficient (Wildman–Crippen LogP) is 2.65. The number of aliphatic hydroxyl groups excluding tert-OH is 1. The summed E-state index contributed by atoms with van der Waals surface area (Å²) in [6, 6.07) is 13.5. The van der Waals surface area contributed by atoms with Crippen LogP contribution in [0.1, 0.15) is 17.5 Å². The van der Waals surface area contributed by atoms with Crippen molar-refractivity contribution in [3.8, 4) is 0 Å². The molecule has 1 amide bonds. The molecule has 0 bridgehead atoms. The van der Waals surface area contributed by atoms with Gasteiger partial charge in [0.15, 0.2) is 0 Å². The number of anilines is 3. The van der Waals surface area contributed by atoms with E-state index in [0.29, 0.717) is 18.7 Å². The lowest BCUT2D eigenvalue weighted by molar-refractivity contribution is -0.117. The molecule has 0 aliphatic carbocycles. The standard InChI is InChI=1S/C21H23N3O2/c1-2-14-6-7-19-15(10-14)8-9-23(19)21(26)16-11-20(25)24(13-16)18-5-3-4-17(22)12-18/h2-7,10,12,16,21,26H,1,8-9,11,13,22H2. The number of hydrogen-bond acceptors (Lipinski definition) is 4.